The highest BCUT2D eigenvalue weighted by Gasteiger charge is 2.59. The van der Waals surface area contributed by atoms with Crippen LogP contribution in [0.15, 0.2) is 12.3 Å². The van der Waals surface area contributed by atoms with Gasteiger partial charge in [0.25, 0.3) is 0 Å². The summed E-state index contributed by atoms with van der Waals surface area (Å²) < 4.78 is 24.9. The number of anilines is 1. The van der Waals surface area contributed by atoms with E-state index in [9.17, 15) is 13.2 Å². The Morgan fingerprint density at radius 3 is 2.59 bits per heavy atom. The largest absolute Gasteiger partial charge is 0.311 e. The van der Waals surface area contributed by atoms with E-state index < -0.39 is 9.84 Å². The topological polar surface area (TPSA) is 81.1 Å². The third-order valence-corrected chi connectivity index (χ3v) is 6.51. The van der Waals surface area contributed by atoms with E-state index in [0.29, 0.717) is 18.7 Å². The number of hydrogen-bond donors (Lipinski definition) is 1. The number of rotatable bonds is 2. The molecule has 6 nitrogen and oxygen atoms in total. The molecule has 1 aromatic heterocycles. The third kappa shape index (κ3) is 2.78. The second-order valence-electron chi connectivity index (χ2n) is 7.56. The molecular weight excluding hydrogens is 302 g/mol. The first kappa shape index (κ1) is 15.5. The van der Waals surface area contributed by atoms with Crippen LogP contribution in [0, 0.1) is 11.3 Å². The van der Waals surface area contributed by atoms with Gasteiger partial charge in [-0.3, -0.25) is 4.79 Å². The molecule has 2 heterocycles. The Balaban J connectivity index is 1.67. The van der Waals surface area contributed by atoms with Gasteiger partial charge in [0.15, 0.2) is 0 Å². The fourth-order valence-corrected chi connectivity index (χ4v) is 5.00. The van der Waals surface area contributed by atoms with Gasteiger partial charge in [-0.2, -0.15) is 5.10 Å². The Morgan fingerprint density at radius 2 is 2.00 bits per heavy atom. The average molecular weight is 325 g/mol. The molecule has 1 saturated carbocycles. The maximum atomic E-state index is 12.5. The van der Waals surface area contributed by atoms with Gasteiger partial charge in [-0.05, 0) is 45.4 Å². The van der Waals surface area contributed by atoms with E-state index in [1.165, 1.54) is 0 Å². The van der Waals surface area contributed by atoms with Crippen molar-refractivity contribution in [2.45, 2.75) is 45.6 Å². The number of aromatic nitrogens is 2. The number of carbonyl (C=O) groups excluding carboxylic acids is 1. The lowest BCUT2D eigenvalue weighted by Crippen LogP contribution is -2.30. The monoisotopic (exact) mass is 325 g/mol. The quantitative estimate of drug-likeness (QED) is 0.899. The number of nitrogens with one attached hydrogen (secondary N) is 1. The third-order valence-electron chi connectivity index (χ3n) is 4.86. The smallest absolute Gasteiger partial charge is 0.229 e. The van der Waals surface area contributed by atoms with Gasteiger partial charge in [0.1, 0.15) is 15.7 Å². The average Bonchev–Trinajstić information content (AvgIpc) is 2.91. The van der Waals surface area contributed by atoms with Gasteiger partial charge in [0, 0.05) is 12.0 Å². The molecule has 122 valence electrons. The standard InChI is InChI=1S/C15H23N3O3S/c1-14(2,3)18-12(4-7-16-18)17-13(19)11-10-15(11)5-8-22(20,21)9-6-15/h4,7,11H,5-6,8-10H2,1-3H3,(H,17,19). The minimum absolute atomic E-state index is 0.00898. The van der Waals surface area contributed by atoms with E-state index in [-0.39, 0.29) is 34.3 Å². The summed E-state index contributed by atoms with van der Waals surface area (Å²) in [5, 5.41) is 7.23. The SMILES string of the molecule is CC(C)(C)n1nccc1NC(=O)C1CC12CCS(=O)(=O)CC2. The summed E-state index contributed by atoms with van der Waals surface area (Å²) >= 11 is 0. The van der Waals surface area contributed by atoms with Crippen molar-refractivity contribution >= 4 is 21.6 Å². The highest BCUT2D eigenvalue weighted by atomic mass is 32.2. The van der Waals surface area contributed by atoms with Crippen LogP contribution in [0.25, 0.3) is 0 Å². The molecule has 1 aliphatic carbocycles. The van der Waals surface area contributed by atoms with E-state index >= 15 is 0 Å². The zero-order valence-corrected chi connectivity index (χ0v) is 14.1. The van der Waals surface area contributed by atoms with Gasteiger partial charge < -0.3 is 5.32 Å². The Bertz CT molecular complexity index is 686. The van der Waals surface area contributed by atoms with Crippen LogP contribution in [-0.2, 0) is 20.2 Å². The van der Waals surface area contributed by atoms with Crippen LogP contribution in [0.4, 0.5) is 5.82 Å². The predicted octanol–water partition coefficient (Wildman–Crippen LogP) is 1.79. The molecule has 1 amide bonds. The predicted molar refractivity (Wildman–Crippen MR) is 84.3 cm³/mol. The van der Waals surface area contributed by atoms with Gasteiger partial charge in [-0.1, -0.05) is 0 Å². The Hall–Kier alpha value is -1.37. The molecule has 1 saturated heterocycles. The van der Waals surface area contributed by atoms with Crippen molar-refractivity contribution in [3.05, 3.63) is 12.3 Å². The highest BCUT2D eigenvalue weighted by Crippen LogP contribution is 2.60. The van der Waals surface area contributed by atoms with Gasteiger partial charge in [-0.25, -0.2) is 13.1 Å². The zero-order chi connectivity index (χ0) is 16.2. The summed E-state index contributed by atoms with van der Waals surface area (Å²) in [6.45, 7) is 6.08. The lowest BCUT2D eigenvalue weighted by atomic mass is 9.96. The molecule has 0 radical (unpaired) electrons. The minimum atomic E-state index is -2.88. The second-order valence-corrected chi connectivity index (χ2v) is 9.86. The molecule has 1 aliphatic heterocycles. The Morgan fingerprint density at radius 1 is 1.36 bits per heavy atom. The van der Waals surface area contributed by atoms with Gasteiger partial charge in [-0.15, -0.1) is 0 Å². The van der Waals surface area contributed by atoms with Gasteiger partial charge in [0.2, 0.25) is 5.91 Å². The number of sulfone groups is 1. The minimum Gasteiger partial charge on any atom is -0.311 e. The molecule has 2 aliphatic rings. The fourth-order valence-electron chi connectivity index (χ4n) is 3.36. The first-order valence-electron chi connectivity index (χ1n) is 7.69. The second kappa shape index (κ2) is 4.81. The van der Waals surface area contributed by atoms with Crippen LogP contribution in [0.1, 0.15) is 40.0 Å². The Labute approximate surface area is 131 Å². The summed E-state index contributed by atoms with van der Waals surface area (Å²) in [5.74, 6) is 1.06. The molecule has 1 aromatic rings. The molecule has 0 bridgehead atoms. The lowest BCUT2D eigenvalue weighted by molar-refractivity contribution is -0.118. The molecule has 0 aromatic carbocycles. The van der Waals surface area contributed by atoms with E-state index in [4.69, 9.17) is 0 Å². The molecule has 2 fully saturated rings. The van der Waals surface area contributed by atoms with Gasteiger partial charge in [0.05, 0.1) is 23.2 Å². The number of carbonyl (C=O) groups is 1. The molecule has 3 rings (SSSR count). The highest BCUT2D eigenvalue weighted by molar-refractivity contribution is 7.91. The van der Waals surface area contributed by atoms with E-state index in [0.717, 1.165) is 6.42 Å². The normalized spacial score (nSPS) is 25.9. The van der Waals surface area contributed by atoms with E-state index in [1.807, 2.05) is 20.8 Å². The number of hydrogen-bond acceptors (Lipinski definition) is 4. The number of nitrogens with zero attached hydrogens (tertiary/aromatic N) is 2. The van der Waals surface area contributed by atoms with Crippen LogP contribution >= 0.6 is 0 Å². The molecule has 1 atom stereocenters. The molecular formula is C15H23N3O3S. The summed E-state index contributed by atoms with van der Waals surface area (Å²) in [7, 11) is -2.88. The molecule has 1 unspecified atom stereocenters. The van der Waals surface area contributed by atoms with Crippen LogP contribution in [0.5, 0.6) is 0 Å². The summed E-state index contributed by atoms with van der Waals surface area (Å²) in [6.07, 6.45) is 3.71. The van der Waals surface area contributed by atoms with Crippen molar-refractivity contribution < 1.29 is 13.2 Å². The zero-order valence-electron chi connectivity index (χ0n) is 13.3. The van der Waals surface area contributed by atoms with Crippen molar-refractivity contribution in [2.24, 2.45) is 11.3 Å². The van der Waals surface area contributed by atoms with Crippen molar-refractivity contribution in [3.63, 3.8) is 0 Å². The summed E-state index contributed by atoms with van der Waals surface area (Å²) in [4.78, 5) is 12.5. The van der Waals surface area contributed by atoms with E-state index in [1.54, 1.807) is 16.9 Å². The first-order valence-corrected chi connectivity index (χ1v) is 9.51. The van der Waals surface area contributed by atoms with Gasteiger partial charge >= 0.3 is 0 Å². The molecule has 1 spiro atoms. The maximum Gasteiger partial charge on any atom is 0.229 e. The summed E-state index contributed by atoms with van der Waals surface area (Å²) in [6, 6.07) is 1.80. The van der Waals surface area contributed by atoms with Crippen molar-refractivity contribution in [1.29, 1.82) is 0 Å². The Kier molecular flexibility index (Phi) is 3.39. The van der Waals surface area contributed by atoms with Crippen molar-refractivity contribution in [3.8, 4) is 0 Å². The number of amides is 1. The first-order chi connectivity index (χ1) is 10.1. The van der Waals surface area contributed by atoms with Crippen molar-refractivity contribution in [1.82, 2.24) is 9.78 Å². The van der Waals surface area contributed by atoms with Crippen LogP contribution in [0.3, 0.4) is 0 Å². The van der Waals surface area contributed by atoms with Crippen LogP contribution in [-0.4, -0.2) is 35.6 Å². The molecule has 7 heteroatoms. The maximum absolute atomic E-state index is 12.5. The van der Waals surface area contributed by atoms with Crippen molar-refractivity contribution in [2.75, 3.05) is 16.8 Å². The van der Waals surface area contributed by atoms with Crippen LogP contribution in [0.2, 0.25) is 0 Å². The molecule has 22 heavy (non-hydrogen) atoms. The lowest BCUT2D eigenvalue weighted by Gasteiger charge is -2.24. The summed E-state index contributed by atoms with van der Waals surface area (Å²) in [5.41, 5.74) is -0.283. The fraction of sp³-hybridized carbons (Fsp3) is 0.733. The molecule has 1 N–H and O–H groups in total. The van der Waals surface area contributed by atoms with Crippen LogP contribution < -0.4 is 5.32 Å². The van der Waals surface area contributed by atoms with E-state index in [2.05, 4.69) is 10.4 Å².